The Morgan fingerprint density at radius 2 is 2.00 bits per heavy atom. The van der Waals surface area contributed by atoms with Crippen molar-refractivity contribution in [3.05, 3.63) is 35.2 Å². The third-order valence-corrected chi connectivity index (χ3v) is 5.07. The topological polar surface area (TPSA) is 21.1 Å². The fourth-order valence-corrected chi connectivity index (χ4v) is 3.33. The number of fused-ring (bicyclic) bond motifs is 1. The van der Waals surface area contributed by atoms with E-state index in [4.69, 9.17) is 0 Å². The molecule has 3 rings (SSSR count). The largest absolute Gasteiger partial charge is 0.368 e. The van der Waals surface area contributed by atoms with Crippen LogP contribution in [0.4, 0.5) is 14.5 Å². The maximum Gasteiger partial charge on any atom is 0.264 e. The van der Waals surface area contributed by atoms with E-state index in [1.807, 2.05) is 20.0 Å². The molecule has 0 fully saturated rings. The highest BCUT2D eigenvalue weighted by Gasteiger charge is 2.27. The lowest BCUT2D eigenvalue weighted by Gasteiger charge is -2.27. The van der Waals surface area contributed by atoms with Gasteiger partial charge in [0.05, 0.1) is 6.20 Å². The molecule has 124 valence electrons. The highest BCUT2D eigenvalue weighted by molar-refractivity contribution is 5.75. The van der Waals surface area contributed by atoms with Gasteiger partial charge in [-0.25, -0.2) is 8.78 Å². The summed E-state index contributed by atoms with van der Waals surface area (Å²) in [6.07, 6.45) is 1.11. The van der Waals surface area contributed by atoms with Gasteiger partial charge in [0, 0.05) is 42.1 Å². The summed E-state index contributed by atoms with van der Waals surface area (Å²) >= 11 is 0. The molecule has 1 atom stereocenters. The Bertz CT molecular complexity index is 721. The molecular formula is C18H23F2N3. The molecule has 0 spiro atoms. The van der Waals surface area contributed by atoms with Crippen LogP contribution in [0.1, 0.15) is 43.5 Å². The molecule has 0 aliphatic carbocycles. The van der Waals surface area contributed by atoms with Crippen molar-refractivity contribution < 1.29 is 8.78 Å². The van der Waals surface area contributed by atoms with Gasteiger partial charge in [0.1, 0.15) is 0 Å². The zero-order valence-corrected chi connectivity index (χ0v) is 14.1. The number of anilines is 1. The van der Waals surface area contributed by atoms with E-state index in [-0.39, 0.29) is 5.56 Å². The van der Waals surface area contributed by atoms with Crippen molar-refractivity contribution in [1.82, 2.24) is 9.78 Å². The van der Waals surface area contributed by atoms with Gasteiger partial charge in [0.15, 0.2) is 0 Å². The molecule has 2 heterocycles. The molecule has 3 nitrogen and oxygen atoms in total. The molecule has 0 radical (unpaired) electrons. The van der Waals surface area contributed by atoms with Crippen LogP contribution in [-0.2, 0) is 13.5 Å². The third-order valence-electron chi connectivity index (χ3n) is 5.07. The van der Waals surface area contributed by atoms with Gasteiger partial charge < -0.3 is 4.90 Å². The number of hydrogen-bond acceptors (Lipinski definition) is 2. The van der Waals surface area contributed by atoms with Crippen LogP contribution in [-0.4, -0.2) is 22.4 Å². The quantitative estimate of drug-likeness (QED) is 0.827. The van der Waals surface area contributed by atoms with Crippen LogP contribution in [0.5, 0.6) is 0 Å². The highest BCUT2D eigenvalue weighted by Crippen LogP contribution is 2.40. The standard InChI is InChI=1S/C18H23F2N3/c1-5-11(2)23-7-6-13-8-14(15(18(19)20)9-17(13)23)16-10-21-22(4)12(16)3/h8-11,18H,5-7H2,1-4H3. The molecule has 0 N–H and O–H groups in total. The second-order valence-electron chi connectivity index (χ2n) is 6.34. The predicted molar refractivity (Wildman–Crippen MR) is 89.1 cm³/mol. The first-order valence-corrected chi connectivity index (χ1v) is 8.14. The van der Waals surface area contributed by atoms with Crippen LogP contribution in [0.3, 0.4) is 0 Å². The van der Waals surface area contributed by atoms with E-state index >= 15 is 0 Å². The van der Waals surface area contributed by atoms with E-state index in [1.165, 1.54) is 0 Å². The molecule has 23 heavy (non-hydrogen) atoms. The second-order valence-corrected chi connectivity index (χ2v) is 6.34. The molecule has 1 aromatic heterocycles. The first kappa shape index (κ1) is 16.0. The Morgan fingerprint density at radius 3 is 2.57 bits per heavy atom. The van der Waals surface area contributed by atoms with E-state index in [1.54, 1.807) is 16.9 Å². The first-order chi connectivity index (χ1) is 10.9. The summed E-state index contributed by atoms with van der Waals surface area (Å²) in [6, 6.07) is 4.01. The van der Waals surface area contributed by atoms with Crippen molar-refractivity contribution in [3.8, 4) is 11.1 Å². The number of aryl methyl sites for hydroxylation is 1. The van der Waals surface area contributed by atoms with Crippen LogP contribution in [0.15, 0.2) is 18.3 Å². The lowest BCUT2D eigenvalue weighted by Crippen LogP contribution is -2.30. The zero-order valence-electron chi connectivity index (χ0n) is 14.1. The Hall–Kier alpha value is -1.91. The molecule has 1 aliphatic rings. The monoisotopic (exact) mass is 319 g/mol. The van der Waals surface area contributed by atoms with E-state index < -0.39 is 6.43 Å². The van der Waals surface area contributed by atoms with E-state index in [2.05, 4.69) is 23.8 Å². The van der Waals surface area contributed by atoms with E-state index in [0.29, 0.717) is 11.6 Å². The van der Waals surface area contributed by atoms with E-state index in [0.717, 1.165) is 41.9 Å². The maximum atomic E-state index is 13.7. The third kappa shape index (κ3) is 2.62. The van der Waals surface area contributed by atoms with Gasteiger partial charge in [-0.2, -0.15) is 5.10 Å². The van der Waals surface area contributed by atoms with Crippen LogP contribution in [0.2, 0.25) is 0 Å². The van der Waals surface area contributed by atoms with Crippen molar-refractivity contribution in [1.29, 1.82) is 0 Å². The number of hydrogen-bond donors (Lipinski definition) is 0. The summed E-state index contributed by atoms with van der Waals surface area (Å²) < 4.78 is 29.1. The van der Waals surface area contributed by atoms with Crippen LogP contribution in [0, 0.1) is 6.92 Å². The first-order valence-electron chi connectivity index (χ1n) is 8.14. The minimum atomic E-state index is -2.49. The van der Waals surface area contributed by atoms with Crippen molar-refractivity contribution >= 4 is 5.69 Å². The molecule has 0 amide bonds. The van der Waals surface area contributed by atoms with E-state index in [9.17, 15) is 8.78 Å². The van der Waals surface area contributed by atoms with Crippen LogP contribution in [0.25, 0.3) is 11.1 Å². The molecule has 2 aromatic rings. The lowest BCUT2D eigenvalue weighted by atomic mass is 9.96. The molecule has 1 aliphatic heterocycles. The summed E-state index contributed by atoms with van der Waals surface area (Å²) in [6.45, 7) is 7.10. The van der Waals surface area contributed by atoms with Gasteiger partial charge in [-0.05, 0) is 49.9 Å². The summed E-state index contributed by atoms with van der Waals surface area (Å²) in [4.78, 5) is 2.25. The smallest absolute Gasteiger partial charge is 0.264 e. The van der Waals surface area contributed by atoms with Gasteiger partial charge in [0.2, 0.25) is 0 Å². The molecule has 1 aromatic carbocycles. The summed E-state index contributed by atoms with van der Waals surface area (Å²) in [5.41, 5.74) is 4.56. The number of alkyl halides is 2. The number of benzene rings is 1. The Kier molecular flexibility index (Phi) is 4.13. The Balaban J connectivity index is 2.14. The lowest BCUT2D eigenvalue weighted by molar-refractivity contribution is 0.152. The van der Waals surface area contributed by atoms with Crippen LogP contribution < -0.4 is 4.90 Å². The number of rotatable bonds is 4. The van der Waals surface area contributed by atoms with Gasteiger partial charge in [-0.3, -0.25) is 4.68 Å². The van der Waals surface area contributed by atoms with Crippen molar-refractivity contribution in [2.75, 3.05) is 11.4 Å². The number of aromatic nitrogens is 2. The minimum absolute atomic E-state index is 0.107. The predicted octanol–water partition coefficient (Wildman–Crippen LogP) is 4.49. The van der Waals surface area contributed by atoms with Gasteiger partial charge in [0.25, 0.3) is 6.43 Å². The van der Waals surface area contributed by atoms with Crippen LogP contribution >= 0.6 is 0 Å². The van der Waals surface area contributed by atoms with Gasteiger partial charge in [-0.1, -0.05) is 6.92 Å². The van der Waals surface area contributed by atoms with Crippen molar-refractivity contribution in [3.63, 3.8) is 0 Å². The minimum Gasteiger partial charge on any atom is -0.368 e. The van der Waals surface area contributed by atoms with Crippen molar-refractivity contribution in [2.45, 2.75) is 46.1 Å². The Morgan fingerprint density at radius 1 is 1.26 bits per heavy atom. The second kappa shape index (κ2) is 5.95. The molecule has 0 saturated carbocycles. The van der Waals surface area contributed by atoms with Crippen molar-refractivity contribution in [2.24, 2.45) is 7.05 Å². The zero-order chi connectivity index (χ0) is 16.7. The molecule has 5 heteroatoms. The normalized spacial score (nSPS) is 15.3. The summed E-state index contributed by atoms with van der Waals surface area (Å²) in [7, 11) is 1.83. The molecular weight excluding hydrogens is 296 g/mol. The average molecular weight is 319 g/mol. The maximum absolute atomic E-state index is 13.7. The summed E-state index contributed by atoms with van der Waals surface area (Å²) in [5, 5.41) is 4.20. The fourth-order valence-electron chi connectivity index (χ4n) is 3.33. The highest BCUT2D eigenvalue weighted by atomic mass is 19.3. The molecule has 0 saturated heterocycles. The Labute approximate surface area is 135 Å². The SMILES string of the molecule is CCC(C)N1CCc2cc(-c3cnn(C)c3C)c(C(F)F)cc21. The van der Waals surface area contributed by atoms with Gasteiger partial charge in [-0.15, -0.1) is 0 Å². The summed E-state index contributed by atoms with van der Waals surface area (Å²) in [5.74, 6) is 0. The van der Waals surface area contributed by atoms with Gasteiger partial charge >= 0.3 is 0 Å². The molecule has 0 bridgehead atoms. The average Bonchev–Trinajstić information content (AvgIpc) is 3.09. The number of nitrogens with zero attached hydrogens (tertiary/aromatic N) is 3. The fraction of sp³-hybridized carbons (Fsp3) is 0.500. The molecule has 1 unspecified atom stereocenters. The number of halogens is 2.